The minimum absolute atomic E-state index is 0.192. The molecule has 0 unspecified atom stereocenters. The van der Waals surface area contributed by atoms with Gasteiger partial charge in [-0.15, -0.1) is 0 Å². The largest absolute Gasteiger partial charge is 0.368 e. The van der Waals surface area contributed by atoms with E-state index in [4.69, 9.17) is 34.7 Å². The SMILES string of the molecule is CN(C)c1nc(N)nc(NCCc2ccc(Cl)cc2)n1.CN(C)c1nc(N)nc(NCc2ccc(Cl)cc2)n1. The van der Waals surface area contributed by atoms with Gasteiger partial charge in [-0.3, -0.25) is 0 Å². The van der Waals surface area contributed by atoms with Crippen LogP contribution < -0.4 is 31.9 Å². The maximum absolute atomic E-state index is 5.84. The minimum atomic E-state index is 0.192. The zero-order valence-corrected chi connectivity index (χ0v) is 23.7. The first-order chi connectivity index (χ1) is 18.6. The summed E-state index contributed by atoms with van der Waals surface area (Å²) in [7, 11) is 7.40. The number of nitrogens with one attached hydrogen (secondary N) is 2. The van der Waals surface area contributed by atoms with E-state index in [0.29, 0.717) is 41.9 Å². The van der Waals surface area contributed by atoms with Crippen molar-refractivity contribution in [3.8, 4) is 0 Å². The molecule has 0 atom stereocenters. The van der Waals surface area contributed by atoms with Crippen molar-refractivity contribution in [2.24, 2.45) is 0 Å². The van der Waals surface area contributed by atoms with Gasteiger partial charge in [0.2, 0.25) is 35.7 Å². The van der Waals surface area contributed by atoms with E-state index in [-0.39, 0.29) is 11.9 Å². The van der Waals surface area contributed by atoms with Crippen LogP contribution in [0.1, 0.15) is 11.1 Å². The van der Waals surface area contributed by atoms with Crippen LogP contribution in [0.15, 0.2) is 48.5 Å². The predicted octanol–water partition coefficient (Wildman–Crippen LogP) is 3.61. The van der Waals surface area contributed by atoms with Crippen LogP contribution in [0.2, 0.25) is 10.0 Å². The molecule has 2 aromatic carbocycles. The summed E-state index contributed by atoms with van der Waals surface area (Å²) >= 11 is 11.7. The number of nitrogen functional groups attached to an aromatic ring is 2. The van der Waals surface area contributed by atoms with Crippen molar-refractivity contribution >= 4 is 58.9 Å². The number of aromatic nitrogens is 6. The van der Waals surface area contributed by atoms with E-state index in [1.54, 1.807) is 9.80 Å². The molecule has 6 N–H and O–H groups in total. The quantitative estimate of drug-likeness (QED) is 0.231. The molecular weight excluding hydrogens is 539 g/mol. The van der Waals surface area contributed by atoms with Crippen molar-refractivity contribution < 1.29 is 0 Å². The highest BCUT2D eigenvalue weighted by atomic mass is 35.5. The first-order valence-electron chi connectivity index (χ1n) is 11.9. The fourth-order valence-corrected chi connectivity index (χ4v) is 3.32. The lowest BCUT2D eigenvalue weighted by Crippen LogP contribution is -2.17. The third-order valence-corrected chi connectivity index (χ3v) is 5.56. The van der Waals surface area contributed by atoms with Gasteiger partial charge in [0.15, 0.2) is 0 Å². The van der Waals surface area contributed by atoms with E-state index in [0.717, 1.165) is 17.0 Å². The van der Waals surface area contributed by atoms with E-state index in [1.165, 1.54) is 5.56 Å². The highest BCUT2D eigenvalue weighted by Gasteiger charge is 2.07. The van der Waals surface area contributed by atoms with Crippen molar-refractivity contribution in [3.63, 3.8) is 0 Å². The van der Waals surface area contributed by atoms with Crippen LogP contribution in [0, 0.1) is 0 Å². The summed E-state index contributed by atoms with van der Waals surface area (Å²) in [5.41, 5.74) is 13.6. The number of benzene rings is 2. The zero-order chi connectivity index (χ0) is 28.4. The first kappa shape index (κ1) is 29.4. The molecule has 0 aliphatic heterocycles. The molecule has 0 radical (unpaired) electrons. The lowest BCUT2D eigenvalue weighted by atomic mass is 10.1. The Balaban J connectivity index is 0.000000216. The highest BCUT2D eigenvalue weighted by Crippen LogP contribution is 2.14. The number of halogens is 2. The smallest absolute Gasteiger partial charge is 0.231 e. The Morgan fingerprint density at radius 2 is 1.05 bits per heavy atom. The standard InChI is InChI=1S/C13H17ClN6.C12H15ClN6/c1-20(2)13-18-11(15)17-12(19-13)16-8-7-9-3-5-10(14)6-4-9;1-19(2)12-17-10(14)16-11(18-12)15-7-8-3-5-9(13)6-4-8/h3-6H,7-8H2,1-2H3,(H3,15,16,17,18,19);3-6H,7H2,1-2H3,(H3,14,15,16,17,18). The summed E-state index contributed by atoms with van der Waals surface area (Å²) in [5.74, 6) is 2.38. The monoisotopic (exact) mass is 570 g/mol. The summed E-state index contributed by atoms with van der Waals surface area (Å²) in [5, 5.41) is 7.70. The van der Waals surface area contributed by atoms with Gasteiger partial charge in [0, 0.05) is 51.3 Å². The Morgan fingerprint density at radius 1 is 0.615 bits per heavy atom. The summed E-state index contributed by atoms with van der Waals surface area (Å²) in [4.78, 5) is 28.2. The Labute approximate surface area is 237 Å². The molecule has 14 heteroatoms. The maximum atomic E-state index is 5.84. The number of nitrogens with zero attached hydrogens (tertiary/aromatic N) is 8. The second kappa shape index (κ2) is 14.1. The predicted molar refractivity (Wildman–Crippen MR) is 160 cm³/mol. The van der Waals surface area contributed by atoms with Gasteiger partial charge in [-0.2, -0.15) is 29.9 Å². The summed E-state index contributed by atoms with van der Waals surface area (Å²) in [6.45, 7) is 1.30. The minimum Gasteiger partial charge on any atom is -0.368 e. The first-order valence-corrected chi connectivity index (χ1v) is 12.7. The molecule has 0 fully saturated rings. The molecule has 12 nitrogen and oxygen atoms in total. The Hall–Kier alpha value is -4.16. The third-order valence-electron chi connectivity index (χ3n) is 5.06. The fourth-order valence-electron chi connectivity index (χ4n) is 3.07. The van der Waals surface area contributed by atoms with Crippen LogP contribution >= 0.6 is 23.2 Å². The van der Waals surface area contributed by atoms with Crippen LogP contribution in [0.5, 0.6) is 0 Å². The fraction of sp³-hybridized carbons (Fsp3) is 0.280. The van der Waals surface area contributed by atoms with Crippen molar-refractivity contribution in [2.75, 3.05) is 66.6 Å². The normalized spacial score (nSPS) is 10.3. The van der Waals surface area contributed by atoms with E-state index in [9.17, 15) is 0 Å². The van der Waals surface area contributed by atoms with Crippen LogP contribution in [0.25, 0.3) is 0 Å². The third kappa shape index (κ3) is 9.91. The molecule has 0 saturated heterocycles. The van der Waals surface area contributed by atoms with Gasteiger partial charge in [-0.25, -0.2) is 0 Å². The summed E-state index contributed by atoms with van der Waals surface area (Å²) in [6.07, 6.45) is 0.847. The topological polar surface area (TPSA) is 160 Å². The molecule has 39 heavy (non-hydrogen) atoms. The van der Waals surface area contributed by atoms with Crippen LogP contribution in [-0.2, 0) is 13.0 Å². The van der Waals surface area contributed by atoms with E-state index >= 15 is 0 Å². The molecular formula is C25H32Cl2N12. The van der Waals surface area contributed by atoms with Crippen molar-refractivity contribution in [1.82, 2.24) is 29.9 Å². The van der Waals surface area contributed by atoms with E-state index < -0.39 is 0 Å². The average Bonchev–Trinajstić information content (AvgIpc) is 2.89. The van der Waals surface area contributed by atoms with Gasteiger partial charge in [-0.1, -0.05) is 47.5 Å². The Kier molecular flexibility index (Phi) is 10.6. The summed E-state index contributed by atoms with van der Waals surface area (Å²) < 4.78 is 0. The van der Waals surface area contributed by atoms with Gasteiger partial charge >= 0.3 is 0 Å². The lowest BCUT2D eigenvalue weighted by Gasteiger charge is -2.12. The molecule has 2 aromatic heterocycles. The van der Waals surface area contributed by atoms with E-state index in [2.05, 4.69) is 40.5 Å². The number of rotatable bonds is 9. The van der Waals surface area contributed by atoms with Crippen LogP contribution in [-0.4, -0.2) is 64.6 Å². The van der Waals surface area contributed by atoms with Gasteiger partial charge in [-0.05, 0) is 41.8 Å². The highest BCUT2D eigenvalue weighted by molar-refractivity contribution is 6.30. The van der Waals surface area contributed by atoms with Gasteiger partial charge < -0.3 is 31.9 Å². The van der Waals surface area contributed by atoms with Crippen molar-refractivity contribution in [2.45, 2.75) is 13.0 Å². The molecule has 0 amide bonds. The van der Waals surface area contributed by atoms with Gasteiger partial charge in [0.1, 0.15) is 0 Å². The molecule has 0 bridgehead atoms. The average molecular weight is 572 g/mol. The van der Waals surface area contributed by atoms with Gasteiger partial charge in [0.05, 0.1) is 0 Å². The number of nitrogens with two attached hydrogens (primary N) is 2. The molecule has 4 rings (SSSR count). The molecule has 2 heterocycles. The molecule has 0 spiro atoms. The second-order valence-corrected chi connectivity index (χ2v) is 9.58. The lowest BCUT2D eigenvalue weighted by molar-refractivity contribution is 0.935. The Bertz CT molecular complexity index is 1330. The number of hydrogen-bond acceptors (Lipinski definition) is 12. The second-order valence-electron chi connectivity index (χ2n) is 8.71. The molecule has 206 valence electrons. The van der Waals surface area contributed by atoms with Crippen LogP contribution in [0.3, 0.4) is 0 Å². The van der Waals surface area contributed by atoms with Crippen molar-refractivity contribution in [1.29, 1.82) is 0 Å². The van der Waals surface area contributed by atoms with Gasteiger partial charge in [0.25, 0.3) is 0 Å². The molecule has 0 aliphatic rings. The number of anilines is 6. The molecule has 0 saturated carbocycles. The van der Waals surface area contributed by atoms with Crippen LogP contribution in [0.4, 0.5) is 35.7 Å². The van der Waals surface area contributed by atoms with E-state index in [1.807, 2.05) is 76.7 Å². The maximum Gasteiger partial charge on any atom is 0.231 e. The zero-order valence-electron chi connectivity index (χ0n) is 22.2. The number of hydrogen-bond donors (Lipinski definition) is 4. The van der Waals surface area contributed by atoms with Crippen molar-refractivity contribution in [3.05, 3.63) is 69.7 Å². The molecule has 0 aliphatic carbocycles. The summed E-state index contributed by atoms with van der Waals surface area (Å²) in [6, 6.07) is 15.3. The Morgan fingerprint density at radius 3 is 1.51 bits per heavy atom. The molecule has 4 aromatic rings.